The minimum Gasteiger partial charge on any atom is -0.495 e. The van der Waals surface area contributed by atoms with Crippen molar-refractivity contribution in [1.29, 1.82) is 0 Å². The Balaban J connectivity index is 2.78. The van der Waals surface area contributed by atoms with E-state index in [9.17, 15) is 13.6 Å². The lowest BCUT2D eigenvalue weighted by Crippen LogP contribution is -2.05. The molecule has 0 radical (unpaired) electrons. The Morgan fingerprint density at radius 1 is 1.35 bits per heavy atom. The summed E-state index contributed by atoms with van der Waals surface area (Å²) in [5.74, 6) is 0.321. The van der Waals surface area contributed by atoms with Crippen molar-refractivity contribution in [2.24, 2.45) is 0 Å². The van der Waals surface area contributed by atoms with E-state index in [0.717, 1.165) is 6.07 Å². The van der Waals surface area contributed by atoms with Gasteiger partial charge in [-0.15, -0.1) is 0 Å². The number of aromatic nitrogens is 1. The molecule has 0 unspecified atom stereocenters. The van der Waals surface area contributed by atoms with Gasteiger partial charge in [0, 0.05) is 17.5 Å². The van der Waals surface area contributed by atoms with E-state index in [1.165, 1.54) is 19.2 Å². The molecule has 0 aliphatic rings. The van der Waals surface area contributed by atoms with Crippen LogP contribution in [0.25, 0.3) is 10.9 Å². The number of halogens is 3. The molecule has 1 aromatic carbocycles. The quantitative estimate of drug-likeness (QED) is 0.900. The topological polar surface area (TPSA) is 42.1 Å². The number of methoxy groups -OCH3 is 1. The van der Waals surface area contributed by atoms with E-state index in [2.05, 4.69) is 4.98 Å². The molecule has 0 atom stereocenters. The molecule has 0 aliphatic heterocycles. The van der Waals surface area contributed by atoms with Crippen molar-refractivity contribution in [1.82, 2.24) is 4.98 Å². The molecule has 0 saturated heterocycles. The Kier molecular flexibility index (Phi) is 3.02. The minimum absolute atomic E-state index is 0.250. The fourth-order valence-corrected chi connectivity index (χ4v) is 1.79. The zero-order valence-electron chi connectivity index (χ0n) is 8.76. The fraction of sp³-hybridized carbons (Fsp3) is 0.182. The highest BCUT2D eigenvalue weighted by Gasteiger charge is 2.12. The van der Waals surface area contributed by atoms with Gasteiger partial charge in [-0.3, -0.25) is 4.79 Å². The second kappa shape index (κ2) is 4.33. The predicted octanol–water partition coefficient (Wildman–Crippen LogP) is 3.13. The lowest BCUT2D eigenvalue weighted by molar-refractivity contribution is 0.146. The summed E-state index contributed by atoms with van der Waals surface area (Å²) in [6.07, 6.45) is -2.73. The van der Waals surface area contributed by atoms with Gasteiger partial charge in [0.2, 0.25) is 0 Å². The van der Waals surface area contributed by atoms with Crippen LogP contribution in [0.15, 0.2) is 23.0 Å². The third kappa shape index (κ3) is 2.10. The van der Waals surface area contributed by atoms with Gasteiger partial charge in [0.1, 0.15) is 5.75 Å². The average molecular weight is 260 g/mol. The maximum absolute atomic E-state index is 12.5. The SMILES string of the molecule is COc1cc2[nH]c(C(F)F)cc(=O)c2cc1Cl. The molecule has 0 bridgehead atoms. The largest absolute Gasteiger partial charge is 0.495 e. The van der Waals surface area contributed by atoms with Gasteiger partial charge < -0.3 is 9.72 Å². The zero-order valence-corrected chi connectivity index (χ0v) is 9.52. The van der Waals surface area contributed by atoms with E-state index in [1.807, 2.05) is 0 Å². The van der Waals surface area contributed by atoms with E-state index in [-0.39, 0.29) is 15.9 Å². The third-order valence-electron chi connectivity index (χ3n) is 2.36. The molecule has 0 spiro atoms. The van der Waals surface area contributed by atoms with Gasteiger partial charge in [0.05, 0.1) is 23.3 Å². The number of ether oxygens (including phenoxy) is 1. The molecule has 0 amide bonds. The molecule has 6 heteroatoms. The van der Waals surface area contributed by atoms with Crippen LogP contribution in [0, 0.1) is 0 Å². The van der Waals surface area contributed by atoms with Gasteiger partial charge >= 0.3 is 0 Å². The van der Waals surface area contributed by atoms with Crippen LogP contribution in [0.3, 0.4) is 0 Å². The molecule has 0 aliphatic carbocycles. The molecule has 1 N–H and O–H groups in total. The Bertz CT molecular complexity index is 625. The van der Waals surface area contributed by atoms with Crippen molar-refractivity contribution in [3.8, 4) is 5.75 Å². The maximum Gasteiger partial charge on any atom is 0.278 e. The monoisotopic (exact) mass is 259 g/mol. The molecular weight excluding hydrogens is 252 g/mol. The summed E-state index contributed by atoms with van der Waals surface area (Å²) in [5, 5.41) is 0.510. The molecule has 2 rings (SSSR count). The number of nitrogens with one attached hydrogen (secondary N) is 1. The molecule has 17 heavy (non-hydrogen) atoms. The number of hydrogen-bond acceptors (Lipinski definition) is 2. The number of H-pyrrole nitrogens is 1. The van der Waals surface area contributed by atoms with Crippen LogP contribution >= 0.6 is 11.6 Å². The van der Waals surface area contributed by atoms with E-state index < -0.39 is 17.5 Å². The summed E-state index contributed by atoms with van der Waals surface area (Å²) in [4.78, 5) is 14.1. The summed E-state index contributed by atoms with van der Waals surface area (Å²) in [7, 11) is 1.40. The summed E-state index contributed by atoms with van der Waals surface area (Å²) >= 11 is 5.85. The van der Waals surface area contributed by atoms with Crippen LogP contribution < -0.4 is 10.2 Å². The molecule has 1 aromatic heterocycles. The lowest BCUT2D eigenvalue weighted by Gasteiger charge is -2.07. The number of alkyl halides is 2. The summed E-state index contributed by atoms with van der Waals surface area (Å²) in [6.45, 7) is 0. The first-order valence-corrected chi connectivity index (χ1v) is 5.09. The number of pyridine rings is 1. The van der Waals surface area contributed by atoms with Crippen molar-refractivity contribution >= 4 is 22.5 Å². The van der Waals surface area contributed by atoms with E-state index in [1.54, 1.807) is 0 Å². The van der Waals surface area contributed by atoms with E-state index in [0.29, 0.717) is 5.75 Å². The number of benzene rings is 1. The van der Waals surface area contributed by atoms with Gasteiger partial charge in [0.15, 0.2) is 5.43 Å². The Morgan fingerprint density at radius 3 is 2.65 bits per heavy atom. The van der Waals surface area contributed by atoms with Gasteiger partial charge in [-0.1, -0.05) is 11.6 Å². The van der Waals surface area contributed by atoms with E-state index in [4.69, 9.17) is 16.3 Å². The number of hydrogen-bond donors (Lipinski definition) is 1. The Morgan fingerprint density at radius 2 is 2.06 bits per heavy atom. The molecule has 1 heterocycles. The normalized spacial score (nSPS) is 11.1. The molecule has 0 fully saturated rings. The van der Waals surface area contributed by atoms with Crippen molar-refractivity contribution in [3.63, 3.8) is 0 Å². The average Bonchev–Trinajstić information content (AvgIpc) is 2.29. The van der Waals surface area contributed by atoms with Crippen molar-refractivity contribution in [3.05, 3.63) is 39.1 Å². The predicted molar refractivity (Wildman–Crippen MR) is 61.1 cm³/mol. The molecule has 90 valence electrons. The first kappa shape index (κ1) is 11.9. The second-order valence-electron chi connectivity index (χ2n) is 3.42. The molecule has 0 saturated carbocycles. The van der Waals surface area contributed by atoms with Crippen LogP contribution in [0.1, 0.15) is 12.1 Å². The van der Waals surface area contributed by atoms with Crippen LogP contribution in [0.4, 0.5) is 8.78 Å². The maximum atomic E-state index is 12.5. The number of fused-ring (bicyclic) bond motifs is 1. The smallest absolute Gasteiger partial charge is 0.278 e. The second-order valence-corrected chi connectivity index (χ2v) is 3.83. The first-order chi connectivity index (χ1) is 8.02. The van der Waals surface area contributed by atoms with Gasteiger partial charge in [-0.05, 0) is 6.07 Å². The number of rotatable bonds is 2. The van der Waals surface area contributed by atoms with Gasteiger partial charge in [0.25, 0.3) is 6.43 Å². The fourth-order valence-electron chi connectivity index (χ4n) is 1.55. The molecule has 3 nitrogen and oxygen atoms in total. The van der Waals surface area contributed by atoms with Gasteiger partial charge in [-0.25, -0.2) is 8.78 Å². The van der Waals surface area contributed by atoms with Crippen LogP contribution in [0.5, 0.6) is 5.75 Å². The van der Waals surface area contributed by atoms with Crippen LogP contribution in [-0.2, 0) is 0 Å². The number of aromatic amines is 1. The minimum atomic E-state index is -2.73. The van der Waals surface area contributed by atoms with Crippen LogP contribution in [0.2, 0.25) is 5.02 Å². The highest BCUT2D eigenvalue weighted by Crippen LogP contribution is 2.28. The van der Waals surface area contributed by atoms with Crippen molar-refractivity contribution in [2.75, 3.05) is 7.11 Å². The Hall–Kier alpha value is -1.62. The van der Waals surface area contributed by atoms with Crippen LogP contribution in [-0.4, -0.2) is 12.1 Å². The first-order valence-electron chi connectivity index (χ1n) is 4.71. The Labute approximate surface area is 100.0 Å². The standard InChI is InChI=1S/C11H8ClF2NO2/c1-17-10-4-7-5(2-6(10)12)9(16)3-8(15-7)11(13)14/h2-4,11H,1H3,(H,15,16). The zero-order chi connectivity index (χ0) is 12.6. The van der Waals surface area contributed by atoms with E-state index >= 15 is 0 Å². The highest BCUT2D eigenvalue weighted by molar-refractivity contribution is 6.32. The van der Waals surface area contributed by atoms with Crippen molar-refractivity contribution in [2.45, 2.75) is 6.43 Å². The summed E-state index contributed by atoms with van der Waals surface area (Å²) in [5.41, 5.74) is -0.653. The molecule has 2 aromatic rings. The third-order valence-corrected chi connectivity index (χ3v) is 2.65. The summed E-state index contributed by atoms with van der Waals surface area (Å²) < 4.78 is 30.0. The highest BCUT2D eigenvalue weighted by atomic mass is 35.5. The lowest BCUT2D eigenvalue weighted by atomic mass is 10.2. The van der Waals surface area contributed by atoms with Gasteiger partial charge in [-0.2, -0.15) is 0 Å². The van der Waals surface area contributed by atoms with Crippen molar-refractivity contribution < 1.29 is 13.5 Å². The molecular formula is C11H8ClF2NO2. The summed E-state index contributed by atoms with van der Waals surface area (Å²) in [6, 6.07) is 3.69.